The van der Waals surface area contributed by atoms with Crippen LogP contribution in [0.15, 0.2) is 164 Å². The van der Waals surface area contributed by atoms with Gasteiger partial charge in [-0.1, -0.05) is 146 Å². The summed E-state index contributed by atoms with van der Waals surface area (Å²) in [4.78, 5) is 18.1. The summed E-state index contributed by atoms with van der Waals surface area (Å²) in [6, 6.07) is 57.3. The normalized spacial score (nSPS) is 14.6. The summed E-state index contributed by atoms with van der Waals surface area (Å²) in [5.41, 5.74) is 10.2. The summed E-state index contributed by atoms with van der Waals surface area (Å²) in [7, 11) is 0. The van der Waals surface area contributed by atoms with Gasteiger partial charge in [0.05, 0.1) is 16.6 Å². The highest BCUT2D eigenvalue weighted by atomic mass is 15.2. The van der Waals surface area contributed by atoms with Gasteiger partial charge in [-0.15, -0.1) is 0 Å². The topological polar surface area (TPSA) is 46.8 Å². The number of benzene rings is 6. The first-order valence-corrected chi connectivity index (χ1v) is 17.1. The Morgan fingerprint density at radius 3 is 1.80 bits per heavy atom. The Morgan fingerprint density at radius 1 is 0.500 bits per heavy atom. The molecular weight excluding hydrogens is 611 g/mol. The number of anilines is 2. The van der Waals surface area contributed by atoms with Crippen LogP contribution in [-0.4, -0.2) is 19.5 Å². The van der Waals surface area contributed by atoms with Crippen LogP contribution < -0.4 is 15.5 Å². The van der Waals surface area contributed by atoms with Crippen LogP contribution in [0.1, 0.15) is 17.9 Å². The molecule has 0 saturated carbocycles. The zero-order chi connectivity index (χ0) is 33.0. The minimum absolute atomic E-state index is 0.197. The summed E-state index contributed by atoms with van der Waals surface area (Å²) >= 11 is 0. The molecule has 5 nitrogen and oxygen atoms in total. The van der Waals surface area contributed by atoms with Gasteiger partial charge >= 0.3 is 0 Å². The van der Waals surface area contributed by atoms with Crippen LogP contribution >= 0.6 is 0 Å². The second-order valence-corrected chi connectivity index (χ2v) is 12.8. The molecule has 6 aromatic carbocycles. The third-order valence-corrected chi connectivity index (χ3v) is 9.96. The van der Waals surface area contributed by atoms with E-state index in [1.165, 1.54) is 33.1 Å². The highest BCUT2D eigenvalue weighted by Gasteiger charge is 2.37. The van der Waals surface area contributed by atoms with Gasteiger partial charge in [-0.25, -0.2) is 4.98 Å². The Kier molecular flexibility index (Phi) is 6.56. The van der Waals surface area contributed by atoms with Crippen LogP contribution in [0.5, 0.6) is 0 Å². The van der Waals surface area contributed by atoms with E-state index < -0.39 is 0 Å². The first-order chi connectivity index (χ1) is 24.8. The predicted octanol–water partition coefficient (Wildman–Crippen LogP) is 9.04. The van der Waals surface area contributed by atoms with Crippen LogP contribution in [-0.2, 0) is 0 Å². The fraction of sp³-hybridized carbons (Fsp3) is 0.0444. The lowest BCUT2D eigenvalue weighted by Crippen LogP contribution is -2.39. The van der Waals surface area contributed by atoms with Crippen molar-refractivity contribution in [2.24, 2.45) is 0 Å². The van der Waals surface area contributed by atoms with E-state index in [1.807, 2.05) is 24.3 Å². The maximum absolute atomic E-state index is 5.29. The second kappa shape index (κ2) is 11.5. The average Bonchev–Trinajstić information content (AvgIpc) is 3.72. The zero-order valence-electron chi connectivity index (χ0n) is 27.2. The van der Waals surface area contributed by atoms with E-state index in [2.05, 4.69) is 155 Å². The van der Waals surface area contributed by atoms with E-state index in [4.69, 9.17) is 15.0 Å². The molecule has 0 radical (unpaired) electrons. The molecule has 0 N–H and O–H groups in total. The van der Waals surface area contributed by atoms with Crippen LogP contribution in [0.3, 0.4) is 0 Å². The van der Waals surface area contributed by atoms with Gasteiger partial charge in [-0.05, 0) is 47.4 Å². The minimum atomic E-state index is 0.197. The molecule has 3 heterocycles. The lowest BCUT2D eigenvalue weighted by atomic mass is 9.91. The average molecular weight is 642 g/mol. The highest BCUT2D eigenvalue weighted by Crippen LogP contribution is 2.50. The van der Waals surface area contributed by atoms with Crippen molar-refractivity contribution in [1.29, 1.82) is 0 Å². The van der Waals surface area contributed by atoms with E-state index in [-0.39, 0.29) is 5.92 Å². The van der Waals surface area contributed by atoms with E-state index in [1.54, 1.807) is 0 Å². The van der Waals surface area contributed by atoms with Crippen LogP contribution in [0, 0.1) is 0 Å². The molecule has 236 valence electrons. The number of hydrogen-bond acceptors (Lipinski definition) is 4. The van der Waals surface area contributed by atoms with E-state index in [0.29, 0.717) is 17.6 Å². The zero-order valence-corrected chi connectivity index (χ0v) is 27.2. The Labute approximate surface area is 289 Å². The van der Waals surface area contributed by atoms with Crippen molar-refractivity contribution in [3.8, 4) is 39.9 Å². The van der Waals surface area contributed by atoms with Gasteiger partial charge < -0.3 is 4.90 Å². The van der Waals surface area contributed by atoms with Crippen molar-refractivity contribution in [3.63, 3.8) is 0 Å². The molecule has 5 heteroatoms. The Morgan fingerprint density at radius 2 is 1.06 bits per heavy atom. The second-order valence-electron chi connectivity index (χ2n) is 12.8. The van der Waals surface area contributed by atoms with Crippen molar-refractivity contribution in [2.45, 2.75) is 12.3 Å². The van der Waals surface area contributed by atoms with E-state index >= 15 is 0 Å². The number of fused-ring (bicyclic) bond motifs is 6. The molecule has 50 heavy (non-hydrogen) atoms. The van der Waals surface area contributed by atoms with Gasteiger partial charge in [-0.2, -0.15) is 9.97 Å². The standard InChI is InChI=1S/C45H31N5/c1-4-14-30(15-5-1)31-24-26-33(27-25-31)44-46-43(32-16-6-2-7-17-32)47-45(48-44)50-40-23-13-11-21-36(40)38-29-28-37-35-20-10-12-22-39(35)49(41(37)42(38)50)34-18-8-3-9-19-34/h1-27,29,37H,28H2. The molecule has 0 bridgehead atoms. The van der Waals surface area contributed by atoms with Gasteiger partial charge in [0.1, 0.15) is 0 Å². The molecule has 2 aromatic heterocycles. The predicted molar refractivity (Wildman–Crippen MR) is 202 cm³/mol. The van der Waals surface area contributed by atoms with Gasteiger partial charge in [0.25, 0.3) is 0 Å². The molecule has 1 aliphatic heterocycles. The summed E-state index contributed by atoms with van der Waals surface area (Å²) in [5, 5.41) is 3.53. The van der Waals surface area contributed by atoms with Crippen molar-refractivity contribution < 1.29 is 0 Å². The molecular formula is C45H31N5. The molecule has 8 aromatic rings. The van der Waals surface area contributed by atoms with E-state index in [9.17, 15) is 0 Å². The van der Waals surface area contributed by atoms with E-state index in [0.717, 1.165) is 39.7 Å². The summed E-state index contributed by atoms with van der Waals surface area (Å²) in [6.07, 6.45) is 3.33. The summed E-state index contributed by atoms with van der Waals surface area (Å²) < 4.78 is 2.28. The molecule has 0 fully saturated rings. The largest absolute Gasteiger partial charge is 0.311 e. The molecule has 2 aliphatic rings. The number of para-hydroxylation sites is 3. The van der Waals surface area contributed by atoms with Gasteiger partial charge in [0, 0.05) is 39.0 Å². The number of aromatic nitrogens is 4. The third-order valence-electron chi connectivity index (χ3n) is 9.96. The highest BCUT2D eigenvalue weighted by molar-refractivity contribution is 5.95. The Balaban J connectivity index is 1.27. The monoisotopic (exact) mass is 641 g/mol. The summed E-state index contributed by atoms with van der Waals surface area (Å²) in [5.74, 6) is 2.07. The fourth-order valence-electron chi connectivity index (χ4n) is 7.70. The van der Waals surface area contributed by atoms with Crippen molar-refractivity contribution in [3.05, 3.63) is 180 Å². The van der Waals surface area contributed by atoms with Crippen LogP contribution in [0.4, 0.5) is 11.4 Å². The molecule has 0 spiro atoms. The fourth-order valence-corrected chi connectivity index (χ4v) is 7.70. The van der Waals surface area contributed by atoms with Gasteiger partial charge in [-0.3, -0.25) is 4.57 Å². The Bertz CT molecular complexity index is 2660. The SMILES string of the molecule is C1=c2c(n(-c3nc(-c4ccccc4)nc(-c4ccc(-c5ccccc5)cc4)n3)c3ccccc23)=C2C(C1)c1ccccc1N2c1ccccc1. The van der Waals surface area contributed by atoms with Crippen molar-refractivity contribution in [2.75, 3.05) is 4.90 Å². The molecule has 1 aliphatic carbocycles. The first-order valence-electron chi connectivity index (χ1n) is 17.1. The number of nitrogens with zero attached hydrogens (tertiary/aromatic N) is 5. The van der Waals surface area contributed by atoms with Gasteiger partial charge in [0.15, 0.2) is 11.6 Å². The van der Waals surface area contributed by atoms with Gasteiger partial charge in [0.2, 0.25) is 5.95 Å². The van der Waals surface area contributed by atoms with Crippen LogP contribution in [0.25, 0.3) is 62.5 Å². The molecule has 0 saturated heterocycles. The molecule has 0 amide bonds. The number of hydrogen-bond donors (Lipinski definition) is 0. The molecule has 10 rings (SSSR count). The first kappa shape index (κ1) is 28.4. The molecule has 1 atom stereocenters. The Hall–Kier alpha value is -6.59. The minimum Gasteiger partial charge on any atom is -0.311 e. The quantitative estimate of drug-likeness (QED) is 0.188. The maximum atomic E-state index is 5.29. The van der Waals surface area contributed by atoms with Crippen molar-refractivity contribution >= 4 is 34.1 Å². The van der Waals surface area contributed by atoms with Crippen LogP contribution in [0.2, 0.25) is 0 Å². The maximum Gasteiger partial charge on any atom is 0.238 e. The lowest BCUT2D eigenvalue weighted by Gasteiger charge is -2.25. The summed E-state index contributed by atoms with van der Waals surface area (Å²) in [6.45, 7) is 0. The third kappa shape index (κ3) is 4.51. The lowest BCUT2D eigenvalue weighted by molar-refractivity contribution is 0.859. The molecule has 1 unspecified atom stereocenters. The smallest absolute Gasteiger partial charge is 0.238 e. The number of rotatable bonds is 5. The van der Waals surface area contributed by atoms with Crippen molar-refractivity contribution in [1.82, 2.24) is 19.5 Å².